The summed E-state index contributed by atoms with van der Waals surface area (Å²) in [5.74, 6) is 1.68. The fourth-order valence-corrected chi connectivity index (χ4v) is 20.5. The number of methoxy groups -OCH3 is 2. The van der Waals surface area contributed by atoms with Gasteiger partial charge in [0, 0.05) is 0 Å². The molecule has 5 nitrogen and oxygen atoms in total. The molecule has 0 amide bonds. The van der Waals surface area contributed by atoms with E-state index in [0.717, 1.165) is 22.9 Å². The van der Waals surface area contributed by atoms with Gasteiger partial charge in [0.25, 0.3) is 0 Å². The molecule has 0 N–H and O–H groups in total. The number of anilines is 1. The summed E-state index contributed by atoms with van der Waals surface area (Å²) in [4.78, 5) is 4.59. The Kier molecular flexibility index (Phi) is 9.41. The maximum absolute atomic E-state index is 5.69. The van der Waals surface area contributed by atoms with Crippen LogP contribution in [0.4, 0.5) is 11.4 Å². The quantitative estimate of drug-likeness (QED) is 0.267. The minimum absolute atomic E-state index is 0.772. The van der Waals surface area contributed by atoms with Crippen molar-refractivity contribution < 1.29 is 9.47 Å². The molecule has 2 radical (unpaired) electrons. The van der Waals surface area contributed by atoms with Crippen LogP contribution in [0.2, 0.25) is 39.3 Å². The van der Waals surface area contributed by atoms with E-state index in [0.29, 0.717) is 0 Å². The van der Waals surface area contributed by atoms with Gasteiger partial charge in [-0.1, -0.05) is 0 Å². The van der Waals surface area contributed by atoms with Gasteiger partial charge >= 0.3 is 202 Å². The van der Waals surface area contributed by atoms with Gasteiger partial charge in [-0.05, 0) is 0 Å². The van der Waals surface area contributed by atoms with Crippen molar-refractivity contribution in [2.45, 2.75) is 39.3 Å². The summed E-state index contributed by atoms with van der Waals surface area (Å²) in [6.45, 7) is 14.7. The predicted molar refractivity (Wildman–Crippen MR) is 140 cm³/mol. The number of allylic oxidation sites excluding steroid dienone is 1. The molecule has 31 heavy (non-hydrogen) atoms. The van der Waals surface area contributed by atoms with Gasteiger partial charge in [0.2, 0.25) is 0 Å². The number of aliphatic imine (C=N–C) groups is 1. The third-order valence-electron chi connectivity index (χ3n) is 4.51. The molecule has 0 spiro atoms. The van der Waals surface area contributed by atoms with Gasteiger partial charge in [0.15, 0.2) is 0 Å². The Morgan fingerprint density at radius 3 is 1.94 bits per heavy atom. The molecule has 0 fully saturated rings. The van der Waals surface area contributed by atoms with Gasteiger partial charge in [-0.25, -0.2) is 0 Å². The fourth-order valence-electron chi connectivity index (χ4n) is 3.39. The van der Waals surface area contributed by atoms with Crippen LogP contribution in [-0.4, -0.2) is 61.0 Å². The van der Waals surface area contributed by atoms with E-state index in [2.05, 4.69) is 68.2 Å². The zero-order valence-corrected chi connectivity index (χ0v) is 24.9. The predicted octanol–water partition coefficient (Wildman–Crippen LogP) is 5.93. The van der Waals surface area contributed by atoms with Gasteiger partial charge in [-0.15, -0.1) is 0 Å². The molecule has 0 aliphatic carbocycles. The SMILES string of the molecule is COc1ccccc1N=C/C=C\[N]([Sn][N]([Si](C)(C)C)[Si](C)(C)C)c1ccccc1OC. The van der Waals surface area contributed by atoms with Crippen molar-refractivity contribution in [3.63, 3.8) is 0 Å². The number of nitrogens with zero attached hydrogens (tertiary/aromatic N) is 3. The monoisotopic (exact) mass is 561 g/mol. The molecule has 0 heterocycles. The molecule has 0 aliphatic rings. The van der Waals surface area contributed by atoms with Crippen LogP contribution in [-0.2, 0) is 0 Å². The third kappa shape index (κ3) is 7.51. The number of ether oxygens (including phenoxy) is 2. The average molecular weight is 560 g/mol. The molecular weight excluding hydrogens is 525 g/mol. The molecule has 0 unspecified atom stereocenters. The Morgan fingerprint density at radius 1 is 0.806 bits per heavy atom. The first-order valence-corrected chi connectivity index (χ1v) is 19.9. The molecule has 2 aromatic rings. The molecular formula is C23H35N3O2Si2Sn. The fraction of sp³-hybridized carbons (Fsp3) is 0.348. The van der Waals surface area contributed by atoms with E-state index in [1.54, 1.807) is 14.2 Å². The second-order valence-corrected chi connectivity index (χ2v) is 24.9. The molecule has 0 bridgehead atoms. The van der Waals surface area contributed by atoms with Gasteiger partial charge in [-0.2, -0.15) is 0 Å². The number of hydrogen-bond donors (Lipinski definition) is 0. The summed E-state index contributed by atoms with van der Waals surface area (Å²) in [5.41, 5.74) is 1.95. The summed E-state index contributed by atoms with van der Waals surface area (Å²) < 4.78 is 16.4. The molecule has 0 saturated carbocycles. The number of rotatable bonds is 10. The maximum atomic E-state index is 5.69. The van der Waals surface area contributed by atoms with Crippen molar-refractivity contribution in [2.75, 3.05) is 17.3 Å². The van der Waals surface area contributed by atoms with E-state index < -0.39 is 38.2 Å². The summed E-state index contributed by atoms with van der Waals surface area (Å²) in [5, 5.41) is 0. The zero-order chi connectivity index (χ0) is 23.1. The van der Waals surface area contributed by atoms with Crippen LogP contribution in [0.5, 0.6) is 11.5 Å². The summed E-state index contributed by atoms with van der Waals surface area (Å²) in [6.07, 6.45) is 6.02. The van der Waals surface area contributed by atoms with Crippen molar-refractivity contribution >= 4 is 55.7 Å². The molecule has 0 aliphatic heterocycles. The molecule has 2 rings (SSSR count). The third-order valence-corrected chi connectivity index (χ3v) is 26.4. The Balaban J connectivity index is 2.38. The molecule has 166 valence electrons. The summed E-state index contributed by atoms with van der Waals surface area (Å²) >= 11 is -1.12. The van der Waals surface area contributed by atoms with E-state index in [4.69, 9.17) is 9.47 Å². The summed E-state index contributed by atoms with van der Waals surface area (Å²) in [7, 11) is 0.501. The van der Waals surface area contributed by atoms with E-state index in [1.165, 1.54) is 0 Å². The second-order valence-electron chi connectivity index (χ2n) is 9.11. The molecule has 2 aromatic carbocycles. The van der Waals surface area contributed by atoms with Gasteiger partial charge < -0.3 is 0 Å². The molecule has 8 heteroatoms. The Labute approximate surface area is 200 Å². The van der Waals surface area contributed by atoms with E-state index in [-0.39, 0.29) is 0 Å². The van der Waals surface area contributed by atoms with Crippen molar-refractivity contribution in [3.05, 3.63) is 60.8 Å². The van der Waals surface area contributed by atoms with Crippen LogP contribution < -0.4 is 12.6 Å². The van der Waals surface area contributed by atoms with Crippen LogP contribution in [0.25, 0.3) is 0 Å². The van der Waals surface area contributed by atoms with Gasteiger partial charge in [0.1, 0.15) is 0 Å². The minimum atomic E-state index is -1.45. The van der Waals surface area contributed by atoms with Crippen LogP contribution in [0.3, 0.4) is 0 Å². The normalized spacial score (nSPS) is 12.7. The van der Waals surface area contributed by atoms with Crippen LogP contribution in [0, 0.1) is 0 Å². The van der Waals surface area contributed by atoms with Crippen LogP contribution in [0.15, 0.2) is 65.8 Å². The first-order chi connectivity index (χ1) is 14.6. The number of hydrogen-bond acceptors (Lipinski definition) is 5. The summed E-state index contributed by atoms with van der Waals surface area (Å²) in [6, 6.07) is 16.1. The standard InChI is InChI=1S/C17H17N2O2.C6H18NSi2.Sn/c1-20-16-10-5-3-8-14(16)18-12-7-13-19-15-9-4-6-11-17(15)21-2;1-8(2,3)7-9(4,5)6;/h3-13H,1-2H3;1-6H3;/q2*-1;+2/b12-7-,19-13?;;. The average Bonchev–Trinajstić information content (AvgIpc) is 2.71. The van der Waals surface area contributed by atoms with E-state index in [9.17, 15) is 0 Å². The molecule has 0 atom stereocenters. The second kappa shape index (κ2) is 11.3. The molecule has 0 aromatic heterocycles. The topological polar surface area (TPSA) is 37.3 Å². The van der Waals surface area contributed by atoms with Crippen LogP contribution >= 0.6 is 0 Å². The molecule has 0 saturated heterocycles. The van der Waals surface area contributed by atoms with E-state index >= 15 is 0 Å². The zero-order valence-electron chi connectivity index (χ0n) is 20.0. The van der Waals surface area contributed by atoms with Crippen molar-refractivity contribution in [1.29, 1.82) is 0 Å². The van der Waals surface area contributed by atoms with E-state index in [1.807, 2.05) is 48.7 Å². The Hall–Kier alpha value is -1.56. The first kappa shape index (κ1) is 25.7. The van der Waals surface area contributed by atoms with Crippen molar-refractivity contribution in [3.8, 4) is 11.5 Å². The number of para-hydroxylation sites is 4. The van der Waals surface area contributed by atoms with Gasteiger partial charge in [0.05, 0.1) is 0 Å². The first-order valence-electron chi connectivity index (χ1n) is 10.4. The number of benzene rings is 2. The van der Waals surface area contributed by atoms with Crippen molar-refractivity contribution in [1.82, 2.24) is 2.45 Å². The van der Waals surface area contributed by atoms with Crippen molar-refractivity contribution in [2.24, 2.45) is 4.99 Å². The van der Waals surface area contributed by atoms with Crippen LogP contribution in [0.1, 0.15) is 0 Å². The van der Waals surface area contributed by atoms with Gasteiger partial charge in [-0.3, -0.25) is 0 Å². The Bertz CT molecular complexity index is 894. The Morgan fingerprint density at radius 2 is 1.35 bits per heavy atom.